The van der Waals surface area contributed by atoms with Gasteiger partial charge in [-0.3, -0.25) is 0 Å². The zero-order valence-corrected chi connectivity index (χ0v) is 6.95. The van der Waals surface area contributed by atoms with Crippen LogP contribution in [0.4, 0.5) is 22.0 Å². The molecule has 0 unspecified atom stereocenters. The number of carboxylic acid groups (broad SMARTS) is 1. The summed E-state index contributed by atoms with van der Waals surface area (Å²) >= 11 is 0. The number of halogens is 5. The lowest BCUT2D eigenvalue weighted by molar-refractivity contribution is 0.0683. The highest BCUT2D eigenvalue weighted by molar-refractivity contribution is 5.88. The monoisotopic (exact) mass is 226 g/mol. The van der Waals surface area contributed by atoms with Crippen molar-refractivity contribution in [2.45, 2.75) is 6.67 Å². The van der Waals surface area contributed by atoms with Crippen molar-refractivity contribution in [3.63, 3.8) is 0 Å². The van der Waals surface area contributed by atoms with E-state index in [2.05, 4.69) is 0 Å². The van der Waals surface area contributed by atoms with Gasteiger partial charge in [0.05, 0.1) is 5.56 Å². The van der Waals surface area contributed by atoms with E-state index in [1.165, 1.54) is 0 Å². The van der Waals surface area contributed by atoms with Crippen molar-refractivity contribution in [1.82, 2.24) is 0 Å². The van der Waals surface area contributed by atoms with Crippen molar-refractivity contribution in [2.75, 3.05) is 0 Å². The Morgan fingerprint density at radius 1 is 1.00 bits per heavy atom. The molecule has 0 radical (unpaired) electrons. The minimum absolute atomic E-state index is 1.46. The Morgan fingerprint density at radius 3 is 1.67 bits per heavy atom. The van der Waals surface area contributed by atoms with Gasteiger partial charge in [0.1, 0.15) is 12.2 Å². The van der Waals surface area contributed by atoms with Gasteiger partial charge >= 0.3 is 5.97 Å². The first kappa shape index (κ1) is 11.4. The van der Waals surface area contributed by atoms with Gasteiger partial charge in [0.25, 0.3) is 0 Å². The first-order valence-corrected chi connectivity index (χ1v) is 3.55. The number of carboxylic acids is 1. The van der Waals surface area contributed by atoms with Gasteiger partial charge in [0, 0.05) is 0 Å². The van der Waals surface area contributed by atoms with E-state index in [4.69, 9.17) is 5.11 Å². The first-order valence-electron chi connectivity index (χ1n) is 3.55. The van der Waals surface area contributed by atoms with E-state index in [0.29, 0.717) is 0 Å². The van der Waals surface area contributed by atoms with Crippen LogP contribution in [0.15, 0.2) is 0 Å². The first-order chi connectivity index (χ1) is 6.91. The van der Waals surface area contributed by atoms with E-state index in [-0.39, 0.29) is 0 Å². The highest BCUT2D eigenvalue weighted by Crippen LogP contribution is 2.24. The summed E-state index contributed by atoms with van der Waals surface area (Å²) in [6.45, 7) is -1.77. The van der Waals surface area contributed by atoms with Crippen molar-refractivity contribution in [3.05, 3.63) is 34.4 Å². The third kappa shape index (κ3) is 1.64. The predicted molar refractivity (Wildman–Crippen MR) is 38.0 cm³/mol. The van der Waals surface area contributed by atoms with E-state index in [9.17, 15) is 26.7 Å². The molecule has 0 aliphatic rings. The molecule has 0 heterocycles. The maximum atomic E-state index is 12.8. The van der Waals surface area contributed by atoms with Crippen molar-refractivity contribution < 1.29 is 31.9 Å². The zero-order chi connectivity index (χ0) is 11.7. The van der Waals surface area contributed by atoms with Gasteiger partial charge in [0.15, 0.2) is 23.3 Å². The fourth-order valence-corrected chi connectivity index (χ4v) is 0.982. The van der Waals surface area contributed by atoms with E-state index in [1.807, 2.05) is 0 Å². The van der Waals surface area contributed by atoms with Crippen molar-refractivity contribution >= 4 is 5.97 Å². The molecule has 0 bridgehead atoms. The van der Waals surface area contributed by atoms with Crippen LogP contribution in [0.3, 0.4) is 0 Å². The summed E-state index contributed by atoms with van der Waals surface area (Å²) in [5.74, 6) is -10.5. The zero-order valence-electron chi connectivity index (χ0n) is 6.95. The van der Waals surface area contributed by atoms with E-state index in [0.717, 1.165) is 0 Å². The minimum Gasteiger partial charge on any atom is -0.477 e. The molecule has 0 saturated heterocycles. The second kappa shape index (κ2) is 3.84. The minimum atomic E-state index is -2.17. The van der Waals surface area contributed by atoms with Crippen LogP contribution in [0, 0.1) is 23.3 Å². The van der Waals surface area contributed by atoms with Crippen LogP contribution in [0.25, 0.3) is 0 Å². The lowest BCUT2D eigenvalue weighted by Crippen LogP contribution is -2.12. The summed E-state index contributed by atoms with van der Waals surface area (Å²) in [6.07, 6.45) is 0. The SMILES string of the molecule is O=C(O)c1c(F)c(F)c(CF)c(F)c1F. The van der Waals surface area contributed by atoms with Gasteiger partial charge in [-0.2, -0.15) is 0 Å². The Balaban J connectivity index is 3.66. The molecule has 0 aliphatic carbocycles. The van der Waals surface area contributed by atoms with Crippen LogP contribution in [0.1, 0.15) is 15.9 Å². The topological polar surface area (TPSA) is 37.3 Å². The van der Waals surface area contributed by atoms with Gasteiger partial charge in [-0.05, 0) is 0 Å². The molecule has 0 aliphatic heterocycles. The standard InChI is InChI=1S/C8H3F5O2/c9-1-2-4(10)6(12)3(8(14)15)7(13)5(2)11/h1H2,(H,14,15). The van der Waals surface area contributed by atoms with Crippen molar-refractivity contribution in [1.29, 1.82) is 0 Å². The average Bonchev–Trinajstić information content (AvgIpc) is 2.16. The largest absolute Gasteiger partial charge is 0.477 e. The van der Waals surface area contributed by atoms with Crippen LogP contribution < -0.4 is 0 Å². The molecular formula is C8H3F5O2. The maximum Gasteiger partial charge on any atom is 0.341 e. The molecule has 1 aromatic rings. The van der Waals surface area contributed by atoms with E-state index < -0.39 is 47.0 Å². The molecule has 0 saturated carbocycles. The van der Waals surface area contributed by atoms with E-state index in [1.54, 1.807) is 0 Å². The summed E-state index contributed by atoms with van der Waals surface area (Å²) in [7, 11) is 0. The van der Waals surface area contributed by atoms with Gasteiger partial charge in [-0.25, -0.2) is 26.7 Å². The third-order valence-corrected chi connectivity index (χ3v) is 1.70. The number of hydrogen-bond acceptors (Lipinski definition) is 1. The molecule has 0 spiro atoms. The number of benzene rings is 1. The molecular weight excluding hydrogens is 223 g/mol. The molecule has 2 nitrogen and oxygen atoms in total. The fraction of sp³-hybridized carbons (Fsp3) is 0.125. The Kier molecular flexibility index (Phi) is 2.92. The quantitative estimate of drug-likeness (QED) is 0.621. The van der Waals surface area contributed by atoms with Crippen LogP contribution in [-0.2, 0) is 6.67 Å². The number of aromatic carboxylic acids is 1. The normalized spacial score (nSPS) is 10.5. The smallest absolute Gasteiger partial charge is 0.341 e. The molecule has 82 valence electrons. The lowest BCUT2D eigenvalue weighted by Gasteiger charge is -2.06. The summed E-state index contributed by atoms with van der Waals surface area (Å²) in [5.41, 5.74) is -3.24. The van der Waals surface area contributed by atoms with Crippen LogP contribution in [0.2, 0.25) is 0 Å². The van der Waals surface area contributed by atoms with Crippen LogP contribution in [0.5, 0.6) is 0 Å². The molecule has 1 aromatic carbocycles. The Morgan fingerprint density at radius 2 is 1.40 bits per heavy atom. The Labute approximate surface area is 79.9 Å². The lowest BCUT2D eigenvalue weighted by atomic mass is 10.1. The van der Waals surface area contributed by atoms with Gasteiger partial charge in [0.2, 0.25) is 0 Å². The molecule has 15 heavy (non-hydrogen) atoms. The van der Waals surface area contributed by atoms with Crippen LogP contribution >= 0.6 is 0 Å². The number of rotatable bonds is 2. The number of alkyl halides is 1. The molecule has 7 heteroatoms. The van der Waals surface area contributed by atoms with Gasteiger partial charge in [-0.1, -0.05) is 0 Å². The summed E-state index contributed by atoms with van der Waals surface area (Å²) < 4.78 is 63.2. The molecule has 0 aromatic heterocycles. The molecule has 1 rings (SSSR count). The molecule has 0 fully saturated rings. The highest BCUT2D eigenvalue weighted by atomic mass is 19.2. The highest BCUT2D eigenvalue weighted by Gasteiger charge is 2.28. The molecule has 1 N–H and O–H groups in total. The van der Waals surface area contributed by atoms with E-state index >= 15 is 0 Å². The fourth-order valence-electron chi connectivity index (χ4n) is 0.982. The molecule has 0 amide bonds. The number of carbonyl (C=O) groups is 1. The molecule has 0 atom stereocenters. The summed E-state index contributed by atoms with van der Waals surface area (Å²) in [4.78, 5) is 10.2. The van der Waals surface area contributed by atoms with Gasteiger partial charge < -0.3 is 5.11 Å². The third-order valence-electron chi connectivity index (χ3n) is 1.70. The second-order valence-electron chi connectivity index (χ2n) is 2.55. The Hall–Kier alpha value is -1.66. The summed E-state index contributed by atoms with van der Waals surface area (Å²) in [5, 5.41) is 8.25. The van der Waals surface area contributed by atoms with Crippen molar-refractivity contribution in [3.8, 4) is 0 Å². The van der Waals surface area contributed by atoms with Crippen LogP contribution in [-0.4, -0.2) is 11.1 Å². The predicted octanol–water partition coefficient (Wildman–Crippen LogP) is 2.41. The summed E-state index contributed by atoms with van der Waals surface area (Å²) in [6, 6.07) is 0. The Bertz CT molecular complexity index is 401. The number of hydrogen-bond donors (Lipinski definition) is 1. The van der Waals surface area contributed by atoms with Crippen molar-refractivity contribution in [2.24, 2.45) is 0 Å². The average molecular weight is 226 g/mol. The second-order valence-corrected chi connectivity index (χ2v) is 2.55. The maximum absolute atomic E-state index is 12.8. The van der Waals surface area contributed by atoms with Gasteiger partial charge in [-0.15, -0.1) is 0 Å².